The van der Waals surface area contributed by atoms with Crippen LogP contribution in [0.1, 0.15) is 43.7 Å². The first-order valence-electron chi connectivity index (χ1n) is 10.9. The molecular formula is C23H33IN4O. The van der Waals surface area contributed by atoms with E-state index in [-0.39, 0.29) is 24.0 Å². The van der Waals surface area contributed by atoms with Gasteiger partial charge in [-0.1, -0.05) is 31.5 Å². The summed E-state index contributed by atoms with van der Waals surface area (Å²) < 4.78 is 6.04. The summed E-state index contributed by atoms with van der Waals surface area (Å²) in [5.41, 5.74) is 4.43. The first-order valence-corrected chi connectivity index (χ1v) is 10.9. The highest BCUT2D eigenvalue weighted by Crippen LogP contribution is 2.62. The Balaban J connectivity index is 0.00000205. The molecule has 1 aliphatic heterocycles. The molecule has 3 N–H and O–H groups in total. The molecule has 3 fully saturated rings. The van der Waals surface area contributed by atoms with Gasteiger partial charge >= 0.3 is 0 Å². The Morgan fingerprint density at radius 3 is 2.90 bits per heavy atom. The van der Waals surface area contributed by atoms with Gasteiger partial charge in [-0.2, -0.15) is 0 Å². The third-order valence-corrected chi connectivity index (χ3v) is 7.51. The highest BCUT2D eigenvalue weighted by Gasteiger charge is 2.66. The quantitative estimate of drug-likeness (QED) is 0.325. The summed E-state index contributed by atoms with van der Waals surface area (Å²) in [5.74, 6) is 1.61. The van der Waals surface area contributed by atoms with E-state index in [1.807, 2.05) is 7.05 Å². The molecule has 3 atom stereocenters. The van der Waals surface area contributed by atoms with Gasteiger partial charge in [-0.3, -0.25) is 4.99 Å². The van der Waals surface area contributed by atoms with Gasteiger partial charge in [-0.05, 0) is 43.2 Å². The van der Waals surface area contributed by atoms with E-state index in [2.05, 4.69) is 51.9 Å². The zero-order valence-electron chi connectivity index (χ0n) is 17.5. The van der Waals surface area contributed by atoms with E-state index >= 15 is 0 Å². The second-order valence-corrected chi connectivity index (χ2v) is 8.71. The fraction of sp³-hybridized carbons (Fsp3) is 0.609. The van der Waals surface area contributed by atoms with Crippen LogP contribution in [0.15, 0.2) is 29.4 Å². The SMILES string of the molecule is CCc1cccc2c(CCNC(=NC)NC3C4CCOC4C34CCC4)c[nH]c12.I. The minimum absolute atomic E-state index is 0. The number of para-hydroxylation sites is 1. The summed E-state index contributed by atoms with van der Waals surface area (Å²) in [6, 6.07) is 7.13. The zero-order chi connectivity index (χ0) is 19.1. The number of H-pyrrole nitrogens is 1. The summed E-state index contributed by atoms with van der Waals surface area (Å²) in [4.78, 5) is 7.98. The number of aromatic amines is 1. The van der Waals surface area contributed by atoms with Crippen LogP contribution in [0.4, 0.5) is 0 Å². The van der Waals surface area contributed by atoms with Crippen molar-refractivity contribution in [1.82, 2.24) is 15.6 Å². The maximum atomic E-state index is 6.04. The van der Waals surface area contributed by atoms with Gasteiger partial charge in [0.1, 0.15) is 0 Å². The number of guanidine groups is 1. The summed E-state index contributed by atoms with van der Waals surface area (Å²) >= 11 is 0. The number of aryl methyl sites for hydroxylation is 1. The number of nitrogens with one attached hydrogen (secondary N) is 3. The first kappa shape index (κ1) is 21.0. The molecule has 1 aromatic carbocycles. The molecule has 2 aliphatic carbocycles. The van der Waals surface area contributed by atoms with Crippen LogP contribution in [0.25, 0.3) is 10.9 Å². The van der Waals surface area contributed by atoms with Crippen molar-refractivity contribution in [2.24, 2.45) is 16.3 Å². The number of rotatable bonds is 5. The van der Waals surface area contributed by atoms with E-state index in [9.17, 15) is 0 Å². The highest BCUT2D eigenvalue weighted by molar-refractivity contribution is 14.0. The van der Waals surface area contributed by atoms with Gasteiger partial charge < -0.3 is 20.4 Å². The van der Waals surface area contributed by atoms with Crippen molar-refractivity contribution in [1.29, 1.82) is 0 Å². The van der Waals surface area contributed by atoms with Crippen LogP contribution in [0.3, 0.4) is 0 Å². The third-order valence-electron chi connectivity index (χ3n) is 7.51. The average molecular weight is 508 g/mol. The standard InChI is InChI=1S/C23H32N4O.HI/c1-3-15-6-4-7-17-16(14-26-19(15)17)8-12-25-22(24-2)27-20-18-9-13-28-21(18)23(20)10-5-11-23;/h4,6-7,14,18,20-21,26H,3,5,8-13H2,1-2H3,(H2,24,25,27);1H. The van der Waals surface area contributed by atoms with Gasteiger partial charge in [-0.15, -0.1) is 24.0 Å². The lowest BCUT2D eigenvalue weighted by molar-refractivity contribution is -0.171. The van der Waals surface area contributed by atoms with Crippen LogP contribution < -0.4 is 10.6 Å². The molecule has 0 amide bonds. The Morgan fingerprint density at radius 2 is 2.17 bits per heavy atom. The Labute approximate surface area is 190 Å². The van der Waals surface area contributed by atoms with Crippen LogP contribution in [-0.4, -0.2) is 43.3 Å². The minimum atomic E-state index is 0. The predicted molar refractivity (Wildman–Crippen MR) is 129 cm³/mol. The molecule has 1 saturated heterocycles. The molecule has 0 radical (unpaired) electrons. The molecule has 5 nitrogen and oxygen atoms in total. The van der Waals surface area contributed by atoms with E-state index in [1.54, 1.807) is 0 Å². The molecule has 2 saturated carbocycles. The minimum Gasteiger partial charge on any atom is -0.377 e. The maximum absolute atomic E-state index is 6.04. The van der Waals surface area contributed by atoms with Crippen LogP contribution in [0, 0.1) is 11.3 Å². The maximum Gasteiger partial charge on any atom is 0.191 e. The van der Waals surface area contributed by atoms with Gasteiger partial charge in [0, 0.05) is 54.7 Å². The van der Waals surface area contributed by atoms with E-state index < -0.39 is 0 Å². The Hall–Kier alpha value is -1.28. The van der Waals surface area contributed by atoms with Crippen molar-refractivity contribution in [3.05, 3.63) is 35.5 Å². The van der Waals surface area contributed by atoms with Crippen molar-refractivity contribution < 1.29 is 4.74 Å². The number of aromatic nitrogens is 1. The second kappa shape index (κ2) is 8.46. The second-order valence-electron chi connectivity index (χ2n) is 8.71. The normalized spacial score (nSPS) is 27.1. The lowest BCUT2D eigenvalue weighted by Gasteiger charge is -2.63. The number of benzene rings is 1. The molecule has 2 aromatic rings. The third kappa shape index (κ3) is 3.36. The van der Waals surface area contributed by atoms with Gasteiger partial charge in [0.2, 0.25) is 0 Å². The molecule has 6 heteroatoms. The molecule has 2 heterocycles. The van der Waals surface area contributed by atoms with E-state index in [1.165, 1.54) is 47.7 Å². The van der Waals surface area contributed by atoms with Crippen LogP contribution in [-0.2, 0) is 17.6 Å². The highest BCUT2D eigenvalue weighted by atomic mass is 127. The van der Waals surface area contributed by atoms with Crippen LogP contribution in [0.5, 0.6) is 0 Å². The number of nitrogens with zero attached hydrogens (tertiary/aromatic N) is 1. The molecule has 1 spiro atoms. The number of hydrogen-bond acceptors (Lipinski definition) is 2. The van der Waals surface area contributed by atoms with Crippen molar-refractivity contribution in [2.75, 3.05) is 20.2 Å². The van der Waals surface area contributed by atoms with Crippen molar-refractivity contribution in [2.45, 2.75) is 57.6 Å². The van der Waals surface area contributed by atoms with Gasteiger partial charge in [-0.25, -0.2) is 0 Å². The molecular weight excluding hydrogens is 475 g/mol. The van der Waals surface area contributed by atoms with Crippen LogP contribution in [0.2, 0.25) is 0 Å². The number of fused-ring (bicyclic) bond motifs is 3. The van der Waals surface area contributed by atoms with E-state index in [0.29, 0.717) is 23.5 Å². The van der Waals surface area contributed by atoms with Gasteiger partial charge in [0.05, 0.1) is 6.10 Å². The molecule has 158 valence electrons. The fourth-order valence-corrected chi connectivity index (χ4v) is 5.89. The lowest BCUT2D eigenvalue weighted by atomic mass is 9.46. The van der Waals surface area contributed by atoms with E-state index in [0.717, 1.165) is 32.0 Å². The molecule has 0 bridgehead atoms. The van der Waals surface area contributed by atoms with Gasteiger partial charge in [0.15, 0.2) is 5.96 Å². The Bertz CT molecular complexity index is 888. The summed E-state index contributed by atoms with van der Waals surface area (Å²) in [6.45, 7) is 4.02. The summed E-state index contributed by atoms with van der Waals surface area (Å²) in [5, 5.41) is 8.65. The molecule has 1 aromatic heterocycles. The molecule has 3 unspecified atom stereocenters. The van der Waals surface area contributed by atoms with Crippen molar-refractivity contribution in [3.63, 3.8) is 0 Å². The molecule has 3 aliphatic rings. The number of halogens is 1. The van der Waals surface area contributed by atoms with Crippen LogP contribution >= 0.6 is 24.0 Å². The van der Waals surface area contributed by atoms with Crippen molar-refractivity contribution >= 4 is 40.8 Å². The summed E-state index contributed by atoms with van der Waals surface area (Å²) in [7, 11) is 1.88. The number of hydrogen-bond donors (Lipinski definition) is 3. The van der Waals surface area contributed by atoms with Gasteiger partial charge in [0.25, 0.3) is 0 Å². The summed E-state index contributed by atoms with van der Waals surface area (Å²) in [6.07, 6.45) is 9.84. The monoisotopic (exact) mass is 508 g/mol. The number of ether oxygens (including phenoxy) is 1. The molecule has 29 heavy (non-hydrogen) atoms. The topological polar surface area (TPSA) is 61.4 Å². The Morgan fingerprint density at radius 1 is 1.31 bits per heavy atom. The largest absolute Gasteiger partial charge is 0.377 e. The average Bonchev–Trinajstić information content (AvgIpc) is 3.28. The zero-order valence-corrected chi connectivity index (χ0v) is 19.8. The fourth-order valence-electron chi connectivity index (χ4n) is 5.89. The molecule has 5 rings (SSSR count). The smallest absolute Gasteiger partial charge is 0.191 e. The number of aliphatic imine (C=N–C) groups is 1. The Kier molecular flexibility index (Phi) is 6.11. The lowest BCUT2D eigenvalue weighted by Crippen LogP contribution is -2.72. The van der Waals surface area contributed by atoms with E-state index in [4.69, 9.17) is 4.74 Å². The first-order chi connectivity index (χ1) is 13.8. The predicted octanol–water partition coefficient (Wildman–Crippen LogP) is 4.01. The van der Waals surface area contributed by atoms with Crippen molar-refractivity contribution in [3.8, 4) is 0 Å².